The molecule has 7 aromatic carbocycles. The molecule has 0 saturated carbocycles. The summed E-state index contributed by atoms with van der Waals surface area (Å²) in [7, 11) is 0. The van der Waals surface area contributed by atoms with E-state index in [1.807, 2.05) is 66.9 Å². The highest BCUT2D eigenvalue weighted by atomic mass is 15.0. The molecular weight excluding hydrogens is 560 g/mol. The summed E-state index contributed by atoms with van der Waals surface area (Å²) in [5.41, 5.74) is 4.68. The van der Waals surface area contributed by atoms with Gasteiger partial charge in [-0.15, -0.1) is 0 Å². The molecule has 0 amide bonds. The van der Waals surface area contributed by atoms with E-state index in [1.54, 1.807) is 0 Å². The number of hydrogen-bond donors (Lipinski definition) is 0. The van der Waals surface area contributed by atoms with Gasteiger partial charge in [0, 0.05) is 28.5 Å². The van der Waals surface area contributed by atoms with Crippen LogP contribution in [-0.2, 0) is 0 Å². The molecule has 4 nitrogen and oxygen atoms in total. The minimum atomic E-state index is 0.593. The van der Waals surface area contributed by atoms with Gasteiger partial charge in [-0.25, -0.2) is 15.0 Å². The molecule has 214 valence electrons. The Hall–Kier alpha value is -6.26. The Balaban J connectivity index is 1.16. The van der Waals surface area contributed by atoms with Crippen LogP contribution in [0.4, 0.5) is 0 Å². The van der Waals surface area contributed by atoms with E-state index in [4.69, 9.17) is 19.9 Å². The van der Waals surface area contributed by atoms with Crippen molar-refractivity contribution in [2.45, 2.75) is 0 Å². The quantitative estimate of drug-likeness (QED) is 0.193. The Morgan fingerprint density at radius 3 is 1.59 bits per heavy atom. The molecule has 0 spiro atoms. The second-order valence-corrected chi connectivity index (χ2v) is 11.5. The van der Waals surface area contributed by atoms with Gasteiger partial charge in [0.05, 0.1) is 5.69 Å². The number of pyridine rings is 1. The topological polar surface area (TPSA) is 51.6 Å². The van der Waals surface area contributed by atoms with Crippen molar-refractivity contribution in [2.24, 2.45) is 0 Å². The van der Waals surface area contributed by atoms with E-state index in [9.17, 15) is 0 Å². The highest BCUT2D eigenvalue weighted by Crippen LogP contribution is 2.37. The van der Waals surface area contributed by atoms with Crippen molar-refractivity contribution in [2.75, 3.05) is 0 Å². The fraction of sp³-hybridized carbons (Fsp3) is 0. The van der Waals surface area contributed by atoms with Crippen LogP contribution < -0.4 is 0 Å². The van der Waals surface area contributed by atoms with Crippen molar-refractivity contribution in [3.05, 3.63) is 158 Å². The van der Waals surface area contributed by atoms with Crippen LogP contribution in [0, 0.1) is 0 Å². The second-order valence-electron chi connectivity index (χ2n) is 11.5. The molecule has 2 aromatic heterocycles. The van der Waals surface area contributed by atoms with E-state index in [1.165, 1.54) is 43.1 Å². The maximum absolute atomic E-state index is 4.92. The lowest BCUT2D eigenvalue weighted by Crippen LogP contribution is -2.00. The van der Waals surface area contributed by atoms with Crippen molar-refractivity contribution < 1.29 is 0 Å². The summed E-state index contributed by atoms with van der Waals surface area (Å²) in [6, 6.07) is 52.8. The number of nitrogens with zero attached hydrogens (tertiary/aromatic N) is 4. The molecule has 4 heteroatoms. The molecule has 0 fully saturated rings. The lowest BCUT2D eigenvalue weighted by atomic mass is 9.92. The van der Waals surface area contributed by atoms with Crippen LogP contribution in [0.2, 0.25) is 0 Å². The van der Waals surface area contributed by atoms with Crippen LogP contribution in [0.3, 0.4) is 0 Å². The summed E-state index contributed by atoms with van der Waals surface area (Å²) >= 11 is 0. The maximum Gasteiger partial charge on any atom is 0.165 e. The number of hydrogen-bond acceptors (Lipinski definition) is 4. The monoisotopic (exact) mass is 586 g/mol. The Morgan fingerprint density at radius 1 is 0.326 bits per heavy atom. The third-order valence-corrected chi connectivity index (χ3v) is 8.74. The summed E-state index contributed by atoms with van der Waals surface area (Å²) in [4.78, 5) is 19.5. The minimum absolute atomic E-state index is 0.593. The number of fused-ring (bicyclic) bond motifs is 7. The molecule has 2 heterocycles. The smallest absolute Gasteiger partial charge is 0.165 e. The van der Waals surface area contributed by atoms with Gasteiger partial charge in [-0.3, -0.25) is 4.98 Å². The normalized spacial score (nSPS) is 11.5. The number of aromatic nitrogens is 4. The zero-order valence-corrected chi connectivity index (χ0v) is 24.8. The van der Waals surface area contributed by atoms with Crippen molar-refractivity contribution in [1.29, 1.82) is 0 Å². The van der Waals surface area contributed by atoms with Crippen molar-refractivity contribution >= 4 is 43.1 Å². The van der Waals surface area contributed by atoms with E-state index >= 15 is 0 Å². The Kier molecular flexibility index (Phi) is 6.10. The predicted molar refractivity (Wildman–Crippen MR) is 189 cm³/mol. The van der Waals surface area contributed by atoms with Gasteiger partial charge < -0.3 is 0 Å². The standard InChI is InChI=1S/C42H26N4/c1-3-10-30(11-4-1)40-44-41(31-12-5-2-6-13-31)46-42(45-40)33-21-24-38(43-26-33)32-18-16-28-15-17-29-20-22-35-34-14-8-7-9-27(34)19-23-36(35)39(29)37(28)25-32/h1-26H. The van der Waals surface area contributed by atoms with Crippen molar-refractivity contribution in [3.8, 4) is 45.4 Å². The SMILES string of the molecule is c1ccc(-c2nc(-c3ccccc3)nc(-c3ccc(-c4ccc5ccc6ccc7c8ccccc8ccc7c6c5c4)nc3)n2)cc1. The maximum atomic E-state index is 4.92. The van der Waals surface area contributed by atoms with Crippen LogP contribution in [0.5, 0.6) is 0 Å². The lowest BCUT2D eigenvalue weighted by Gasteiger charge is -2.12. The van der Waals surface area contributed by atoms with Gasteiger partial charge in [0.2, 0.25) is 0 Å². The highest BCUT2D eigenvalue weighted by molar-refractivity contribution is 6.24. The van der Waals surface area contributed by atoms with Crippen LogP contribution >= 0.6 is 0 Å². The molecule has 0 saturated heterocycles. The highest BCUT2D eigenvalue weighted by Gasteiger charge is 2.14. The third kappa shape index (κ3) is 4.47. The van der Waals surface area contributed by atoms with Gasteiger partial charge in [0.25, 0.3) is 0 Å². The van der Waals surface area contributed by atoms with Crippen LogP contribution in [-0.4, -0.2) is 19.9 Å². The summed E-state index contributed by atoms with van der Waals surface area (Å²) in [5, 5.41) is 10.00. The van der Waals surface area contributed by atoms with E-state index in [2.05, 4.69) is 91.0 Å². The number of rotatable bonds is 4. The Bertz CT molecular complexity index is 2500. The third-order valence-electron chi connectivity index (χ3n) is 8.74. The zero-order chi connectivity index (χ0) is 30.5. The largest absolute Gasteiger partial charge is 0.255 e. The second kappa shape index (κ2) is 10.7. The summed E-state index contributed by atoms with van der Waals surface area (Å²) in [5.74, 6) is 1.86. The van der Waals surface area contributed by atoms with E-state index in [0.29, 0.717) is 17.5 Å². The van der Waals surface area contributed by atoms with Gasteiger partial charge in [-0.1, -0.05) is 133 Å². The molecule has 9 aromatic rings. The minimum Gasteiger partial charge on any atom is -0.255 e. The molecule has 0 N–H and O–H groups in total. The number of benzene rings is 7. The fourth-order valence-electron chi connectivity index (χ4n) is 6.44. The van der Waals surface area contributed by atoms with Crippen LogP contribution in [0.15, 0.2) is 158 Å². The molecule has 0 radical (unpaired) electrons. The fourth-order valence-corrected chi connectivity index (χ4v) is 6.44. The van der Waals surface area contributed by atoms with Gasteiger partial charge >= 0.3 is 0 Å². The first-order valence-corrected chi connectivity index (χ1v) is 15.4. The molecule has 9 rings (SSSR count). The van der Waals surface area contributed by atoms with Crippen molar-refractivity contribution in [3.63, 3.8) is 0 Å². The summed E-state index contributed by atoms with van der Waals surface area (Å²) < 4.78 is 0. The molecule has 0 atom stereocenters. The van der Waals surface area contributed by atoms with Gasteiger partial charge in [-0.05, 0) is 61.3 Å². The van der Waals surface area contributed by atoms with Gasteiger partial charge in [-0.2, -0.15) is 0 Å². The van der Waals surface area contributed by atoms with Crippen LogP contribution in [0.1, 0.15) is 0 Å². The first kappa shape index (κ1) is 26.2. The molecule has 0 aliphatic heterocycles. The molecular formula is C42H26N4. The molecule has 0 unspecified atom stereocenters. The molecule has 46 heavy (non-hydrogen) atoms. The Labute approximate surface area is 265 Å². The summed E-state index contributed by atoms with van der Waals surface area (Å²) in [6.07, 6.45) is 1.86. The van der Waals surface area contributed by atoms with E-state index < -0.39 is 0 Å². The lowest BCUT2D eigenvalue weighted by molar-refractivity contribution is 1.07. The van der Waals surface area contributed by atoms with Gasteiger partial charge in [0.1, 0.15) is 0 Å². The first-order chi connectivity index (χ1) is 22.8. The van der Waals surface area contributed by atoms with Gasteiger partial charge in [0.15, 0.2) is 17.5 Å². The van der Waals surface area contributed by atoms with Crippen molar-refractivity contribution in [1.82, 2.24) is 19.9 Å². The average Bonchev–Trinajstić information content (AvgIpc) is 3.14. The molecule has 0 aliphatic carbocycles. The van der Waals surface area contributed by atoms with E-state index in [-0.39, 0.29) is 0 Å². The average molecular weight is 587 g/mol. The Morgan fingerprint density at radius 2 is 0.870 bits per heavy atom. The van der Waals surface area contributed by atoms with E-state index in [0.717, 1.165) is 27.9 Å². The summed E-state index contributed by atoms with van der Waals surface area (Å²) in [6.45, 7) is 0. The predicted octanol–water partition coefficient (Wildman–Crippen LogP) is 10.5. The molecule has 0 aliphatic rings. The van der Waals surface area contributed by atoms with Crippen LogP contribution in [0.25, 0.3) is 88.5 Å². The zero-order valence-electron chi connectivity index (χ0n) is 24.8. The molecule has 0 bridgehead atoms. The first-order valence-electron chi connectivity index (χ1n) is 15.4.